The summed E-state index contributed by atoms with van der Waals surface area (Å²) in [6.07, 6.45) is 1.82. The number of hydrogen-bond acceptors (Lipinski definition) is 3. The average Bonchev–Trinajstić information content (AvgIpc) is 2.75. The summed E-state index contributed by atoms with van der Waals surface area (Å²) in [6, 6.07) is 12.7. The van der Waals surface area contributed by atoms with Gasteiger partial charge in [-0.15, -0.1) is 0 Å². The first-order chi connectivity index (χ1) is 15.4. The van der Waals surface area contributed by atoms with Crippen molar-refractivity contribution < 1.29 is 13.9 Å². The van der Waals surface area contributed by atoms with Crippen molar-refractivity contribution in [1.82, 2.24) is 4.90 Å². The molecular weight excluding hydrogens is 497 g/mol. The zero-order valence-corrected chi connectivity index (χ0v) is 23.5. The second kappa shape index (κ2) is 10.7. The first-order valence-corrected chi connectivity index (χ1v) is 15.7. The molecule has 3 rings (SSSR count). The van der Waals surface area contributed by atoms with Crippen LogP contribution in [0, 0.1) is 12.7 Å². The average molecular weight is 537 g/mol. The van der Waals surface area contributed by atoms with Gasteiger partial charge in [0.25, 0.3) is 0 Å². The van der Waals surface area contributed by atoms with Crippen molar-refractivity contribution >= 4 is 24.2 Å². The first kappa shape index (κ1) is 26.5. The van der Waals surface area contributed by atoms with Crippen molar-refractivity contribution in [3.05, 3.63) is 69.4 Å². The number of hydrogen-bond donors (Lipinski definition) is 1. The molecule has 0 bridgehead atoms. The highest BCUT2D eigenvalue weighted by molar-refractivity contribution is 9.10. The van der Waals surface area contributed by atoms with Crippen LogP contribution in [0.3, 0.4) is 0 Å². The van der Waals surface area contributed by atoms with E-state index in [1.807, 2.05) is 18.2 Å². The van der Waals surface area contributed by atoms with E-state index in [2.05, 4.69) is 73.8 Å². The van der Waals surface area contributed by atoms with Gasteiger partial charge < -0.3 is 9.53 Å². The molecule has 0 radical (unpaired) electrons. The molecule has 1 heterocycles. The highest BCUT2D eigenvalue weighted by atomic mass is 79.9. The molecule has 2 aromatic carbocycles. The minimum atomic E-state index is -2.23. The van der Waals surface area contributed by atoms with Crippen LogP contribution in [0.5, 0.6) is 0 Å². The van der Waals surface area contributed by atoms with Gasteiger partial charge in [-0.05, 0) is 74.7 Å². The number of rotatable bonds is 7. The van der Waals surface area contributed by atoms with E-state index in [1.54, 1.807) is 6.07 Å². The number of nitrogens with zero attached hydrogens (tertiary/aromatic N) is 1. The Morgan fingerprint density at radius 2 is 1.64 bits per heavy atom. The molecule has 1 fully saturated rings. The zero-order chi connectivity index (χ0) is 24.4. The fourth-order valence-electron chi connectivity index (χ4n) is 4.29. The van der Waals surface area contributed by atoms with Crippen LogP contribution in [0.4, 0.5) is 4.39 Å². The van der Waals surface area contributed by atoms with Gasteiger partial charge in [0.1, 0.15) is 11.9 Å². The summed E-state index contributed by atoms with van der Waals surface area (Å²) in [4.78, 5) is 2.25. The Bertz CT molecular complexity index is 923. The summed E-state index contributed by atoms with van der Waals surface area (Å²) in [7, 11) is -2.23. The fraction of sp³-hybridized carbons (Fsp3) is 0.556. The van der Waals surface area contributed by atoms with E-state index in [0.29, 0.717) is 5.56 Å². The summed E-state index contributed by atoms with van der Waals surface area (Å²) < 4.78 is 22.9. The maximum Gasteiger partial charge on any atom is 0.193 e. The maximum absolute atomic E-state index is 15.2. The van der Waals surface area contributed by atoms with Gasteiger partial charge >= 0.3 is 0 Å². The van der Waals surface area contributed by atoms with Gasteiger partial charge in [0.05, 0.1) is 12.1 Å². The van der Waals surface area contributed by atoms with E-state index >= 15 is 4.39 Å². The van der Waals surface area contributed by atoms with Gasteiger partial charge in [0.15, 0.2) is 8.32 Å². The minimum absolute atomic E-state index is 0.0166. The Kier molecular flexibility index (Phi) is 8.60. The van der Waals surface area contributed by atoms with Gasteiger partial charge in [-0.25, -0.2) is 4.39 Å². The Hall–Kier alpha value is -1.05. The van der Waals surface area contributed by atoms with Gasteiger partial charge in [0, 0.05) is 10.0 Å². The summed E-state index contributed by atoms with van der Waals surface area (Å²) in [5.74, 6) is -0.289. The van der Waals surface area contributed by atoms with Crippen molar-refractivity contribution in [3.63, 3.8) is 0 Å². The normalized spacial score (nSPS) is 18.7. The fourth-order valence-corrected chi connectivity index (χ4v) is 5.93. The smallest absolute Gasteiger partial charge is 0.193 e. The number of likely N-dealkylation sites (tertiary alicyclic amines) is 1. The summed E-state index contributed by atoms with van der Waals surface area (Å²) >= 11 is 3.51. The molecule has 0 aromatic heterocycles. The number of aliphatic hydroxyl groups is 1. The van der Waals surface area contributed by atoms with E-state index in [-0.39, 0.29) is 10.9 Å². The van der Waals surface area contributed by atoms with Crippen molar-refractivity contribution in [2.75, 3.05) is 13.1 Å². The Morgan fingerprint density at radius 3 is 2.21 bits per heavy atom. The van der Waals surface area contributed by atoms with Crippen LogP contribution < -0.4 is 0 Å². The monoisotopic (exact) mass is 535 g/mol. The van der Waals surface area contributed by atoms with Crippen molar-refractivity contribution in [2.45, 2.75) is 83.3 Å². The minimum Gasteiger partial charge on any atom is -0.407 e. The standard InChI is InChI=1S/C27H39BrFNO2Si/c1-19-10-12-20(13-11-19)26(32-33(5,6)27(2,3)4)25(31)24(30-16-8-7-9-17-30)22-18-21(28)14-15-23(22)29/h10-15,18,24-26,31H,7-9,16-17H2,1-6H3/t24-,25-,26+/m0/s1. The van der Waals surface area contributed by atoms with Crippen LogP contribution >= 0.6 is 15.9 Å². The Labute approximate surface area is 208 Å². The largest absolute Gasteiger partial charge is 0.407 e. The van der Waals surface area contributed by atoms with E-state index in [0.717, 1.165) is 41.5 Å². The van der Waals surface area contributed by atoms with Gasteiger partial charge in [-0.2, -0.15) is 0 Å². The molecular formula is C27H39BrFNO2Si. The lowest BCUT2D eigenvalue weighted by Crippen LogP contribution is -2.48. The van der Waals surface area contributed by atoms with Crippen LogP contribution in [0.2, 0.25) is 18.1 Å². The molecule has 2 aromatic rings. The highest BCUT2D eigenvalue weighted by Crippen LogP contribution is 2.44. The summed E-state index contributed by atoms with van der Waals surface area (Å²) in [5.41, 5.74) is 2.62. The van der Waals surface area contributed by atoms with E-state index in [4.69, 9.17) is 4.43 Å². The molecule has 33 heavy (non-hydrogen) atoms. The molecule has 1 N–H and O–H groups in total. The van der Waals surface area contributed by atoms with Gasteiger partial charge in [0.2, 0.25) is 0 Å². The molecule has 6 heteroatoms. The van der Waals surface area contributed by atoms with Gasteiger partial charge in [-0.1, -0.05) is 73.0 Å². The summed E-state index contributed by atoms with van der Waals surface area (Å²) in [6.45, 7) is 14.8. The number of halogens is 2. The summed E-state index contributed by atoms with van der Waals surface area (Å²) in [5, 5.41) is 12.0. The van der Waals surface area contributed by atoms with Crippen LogP contribution in [0.1, 0.15) is 68.9 Å². The van der Waals surface area contributed by atoms with E-state index in [1.165, 1.54) is 12.5 Å². The van der Waals surface area contributed by atoms with E-state index in [9.17, 15) is 5.11 Å². The number of benzene rings is 2. The van der Waals surface area contributed by atoms with E-state index < -0.39 is 26.6 Å². The Morgan fingerprint density at radius 1 is 1.03 bits per heavy atom. The highest BCUT2D eigenvalue weighted by Gasteiger charge is 2.44. The molecule has 3 atom stereocenters. The predicted octanol–water partition coefficient (Wildman–Crippen LogP) is 7.55. The lowest BCUT2D eigenvalue weighted by atomic mass is 9.90. The molecule has 1 aliphatic rings. The number of aliphatic hydroxyl groups excluding tert-OH is 1. The molecule has 3 nitrogen and oxygen atoms in total. The number of aryl methyl sites for hydroxylation is 1. The van der Waals surface area contributed by atoms with Crippen LogP contribution in [-0.4, -0.2) is 37.5 Å². The van der Waals surface area contributed by atoms with Crippen LogP contribution in [0.15, 0.2) is 46.9 Å². The topological polar surface area (TPSA) is 32.7 Å². The molecule has 182 valence electrons. The van der Waals surface area contributed by atoms with Gasteiger partial charge in [-0.3, -0.25) is 4.90 Å². The molecule has 0 spiro atoms. The third-order valence-electron chi connectivity index (χ3n) is 7.33. The molecule has 1 aliphatic heterocycles. The third-order valence-corrected chi connectivity index (χ3v) is 12.3. The lowest BCUT2D eigenvalue weighted by Gasteiger charge is -2.44. The van der Waals surface area contributed by atoms with Crippen molar-refractivity contribution in [2.24, 2.45) is 0 Å². The molecule has 0 aliphatic carbocycles. The second-order valence-electron chi connectivity index (χ2n) is 10.9. The number of piperidine rings is 1. The van der Waals surface area contributed by atoms with Crippen LogP contribution in [-0.2, 0) is 4.43 Å². The quantitative estimate of drug-likeness (QED) is 0.371. The Balaban J connectivity index is 2.10. The zero-order valence-electron chi connectivity index (χ0n) is 20.9. The SMILES string of the molecule is Cc1ccc([C@@H](O[Si](C)(C)C(C)(C)C)[C@@H](O)[C@H](c2cc(Br)ccc2F)N2CCCCC2)cc1. The lowest BCUT2D eigenvalue weighted by molar-refractivity contribution is -0.0414. The maximum atomic E-state index is 15.2. The predicted molar refractivity (Wildman–Crippen MR) is 140 cm³/mol. The third kappa shape index (κ3) is 6.34. The van der Waals surface area contributed by atoms with Crippen molar-refractivity contribution in [1.29, 1.82) is 0 Å². The first-order valence-electron chi connectivity index (χ1n) is 12.0. The molecule has 0 amide bonds. The second-order valence-corrected chi connectivity index (χ2v) is 16.6. The molecule has 1 saturated heterocycles. The molecule has 0 saturated carbocycles. The van der Waals surface area contributed by atoms with Crippen LogP contribution in [0.25, 0.3) is 0 Å². The molecule has 0 unspecified atom stereocenters. The van der Waals surface area contributed by atoms with Crippen molar-refractivity contribution in [3.8, 4) is 0 Å².